The maximum absolute atomic E-state index is 11.5. The number of benzene rings is 1. The molecule has 0 aliphatic carbocycles. The van der Waals surface area contributed by atoms with Crippen molar-refractivity contribution in [3.63, 3.8) is 0 Å². The second kappa shape index (κ2) is 7.13. The molecule has 7 heteroatoms. The van der Waals surface area contributed by atoms with E-state index in [0.29, 0.717) is 11.3 Å². The Bertz CT molecular complexity index is 497. The minimum atomic E-state index is -0.911. The third-order valence-corrected chi connectivity index (χ3v) is 2.47. The summed E-state index contributed by atoms with van der Waals surface area (Å²) in [5.41, 5.74) is 1.17. The van der Waals surface area contributed by atoms with Gasteiger partial charge in [0.2, 0.25) is 5.91 Å². The van der Waals surface area contributed by atoms with E-state index in [2.05, 4.69) is 10.6 Å². The first-order valence-electron chi connectivity index (χ1n) is 5.94. The molecule has 0 bridgehead atoms. The summed E-state index contributed by atoms with van der Waals surface area (Å²) in [5.74, 6) is -1.12. The molecule has 3 amide bonds. The largest absolute Gasteiger partial charge is 0.481 e. The normalized spacial score (nSPS) is 9.70. The highest BCUT2D eigenvalue weighted by Gasteiger charge is 2.07. The fraction of sp³-hybridized carbons (Fsp3) is 0.308. The van der Waals surface area contributed by atoms with Crippen molar-refractivity contribution >= 4 is 23.6 Å². The zero-order valence-electron chi connectivity index (χ0n) is 11.3. The molecule has 108 valence electrons. The monoisotopic (exact) mass is 279 g/mol. The molecular formula is C13H17N3O4. The highest BCUT2D eigenvalue weighted by Crippen LogP contribution is 2.09. The summed E-state index contributed by atoms with van der Waals surface area (Å²) in [5, 5.41) is 13.6. The predicted octanol–water partition coefficient (Wildman–Crippen LogP) is 0.523. The van der Waals surface area contributed by atoms with E-state index in [0.717, 1.165) is 0 Å². The number of carbonyl (C=O) groups excluding carboxylic acids is 2. The van der Waals surface area contributed by atoms with Crippen LogP contribution >= 0.6 is 0 Å². The quantitative estimate of drug-likeness (QED) is 0.732. The number of likely N-dealkylation sites (N-methyl/N-ethyl adjacent to an activating group) is 1. The molecule has 0 aliphatic rings. The van der Waals surface area contributed by atoms with Gasteiger partial charge in [-0.3, -0.25) is 9.59 Å². The molecule has 0 aromatic heterocycles. The standard InChI is InChI=1S/C13H17N3O4/c1-16(2)11(17)8-14-13(20)15-10-5-3-9(4-6-10)7-12(18)19/h3-6H,7-8H2,1-2H3,(H,18,19)(H2,14,15,20). The van der Waals surface area contributed by atoms with Crippen LogP contribution in [-0.2, 0) is 16.0 Å². The second-order valence-electron chi connectivity index (χ2n) is 4.36. The average Bonchev–Trinajstić information content (AvgIpc) is 2.37. The Balaban J connectivity index is 2.46. The Morgan fingerprint density at radius 2 is 1.75 bits per heavy atom. The molecule has 3 N–H and O–H groups in total. The smallest absolute Gasteiger partial charge is 0.319 e. The molecule has 1 rings (SSSR count). The Labute approximate surface area is 116 Å². The highest BCUT2D eigenvalue weighted by atomic mass is 16.4. The first kappa shape index (κ1) is 15.5. The van der Waals surface area contributed by atoms with E-state index in [9.17, 15) is 14.4 Å². The van der Waals surface area contributed by atoms with Gasteiger partial charge >= 0.3 is 12.0 Å². The lowest BCUT2D eigenvalue weighted by Crippen LogP contribution is -2.38. The summed E-state index contributed by atoms with van der Waals surface area (Å²) in [4.78, 5) is 34.7. The van der Waals surface area contributed by atoms with E-state index in [-0.39, 0.29) is 18.9 Å². The lowest BCUT2D eigenvalue weighted by atomic mass is 10.1. The van der Waals surface area contributed by atoms with E-state index < -0.39 is 12.0 Å². The summed E-state index contributed by atoms with van der Waals surface area (Å²) < 4.78 is 0. The number of aliphatic carboxylic acids is 1. The maximum atomic E-state index is 11.5. The van der Waals surface area contributed by atoms with E-state index in [1.54, 1.807) is 38.4 Å². The maximum Gasteiger partial charge on any atom is 0.319 e. The van der Waals surface area contributed by atoms with Crippen LogP contribution in [0.3, 0.4) is 0 Å². The summed E-state index contributed by atoms with van der Waals surface area (Å²) in [7, 11) is 3.20. The summed E-state index contributed by atoms with van der Waals surface area (Å²) >= 11 is 0. The predicted molar refractivity (Wildman–Crippen MR) is 73.5 cm³/mol. The van der Waals surface area contributed by atoms with Gasteiger partial charge < -0.3 is 20.6 Å². The van der Waals surface area contributed by atoms with Crippen molar-refractivity contribution in [1.29, 1.82) is 0 Å². The van der Waals surface area contributed by atoms with E-state index >= 15 is 0 Å². The van der Waals surface area contributed by atoms with Crippen molar-refractivity contribution in [2.75, 3.05) is 26.0 Å². The van der Waals surface area contributed by atoms with Crippen LogP contribution in [0.5, 0.6) is 0 Å². The van der Waals surface area contributed by atoms with Gasteiger partial charge in [-0.15, -0.1) is 0 Å². The van der Waals surface area contributed by atoms with E-state index in [1.807, 2.05) is 0 Å². The SMILES string of the molecule is CN(C)C(=O)CNC(=O)Nc1ccc(CC(=O)O)cc1. The van der Waals surface area contributed by atoms with Crippen LogP contribution in [0.2, 0.25) is 0 Å². The second-order valence-corrected chi connectivity index (χ2v) is 4.36. The van der Waals surface area contributed by atoms with Crippen molar-refractivity contribution < 1.29 is 19.5 Å². The fourth-order valence-electron chi connectivity index (χ4n) is 1.37. The number of amides is 3. The Kier molecular flexibility index (Phi) is 5.52. The topological polar surface area (TPSA) is 98.7 Å². The summed E-state index contributed by atoms with van der Waals surface area (Å²) in [6.45, 7) is -0.0874. The zero-order valence-corrected chi connectivity index (χ0v) is 11.3. The van der Waals surface area contributed by atoms with Crippen molar-refractivity contribution in [1.82, 2.24) is 10.2 Å². The van der Waals surface area contributed by atoms with Gasteiger partial charge in [-0.05, 0) is 17.7 Å². The van der Waals surface area contributed by atoms with Crippen molar-refractivity contribution in [2.45, 2.75) is 6.42 Å². The number of nitrogens with one attached hydrogen (secondary N) is 2. The number of carboxylic acids is 1. The van der Waals surface area contributed by atoms with Crippen LogP contribution in [0.15, 0.2) is 24.3 Å². The van der Waals surface area contributed by atoms with Gasteiger partial charge in [0.1, 0.15) is 0 Å². The minimum absolute atomic E-state index is 0.0657. The van der Waals surface area contributed by atoms with Gasteiger partial charge in [0.15, 0.2) is 0 Å². The molecule has 0 heterocycles. The van der Waals surface area contributed by atoms with Crippen LogP contribution in [0.25, 0.3) is 0 Å². The van der Waals surface area contributed by atoms with Gasteiger partial charge in [0.25, 0.3) is 0 Å². The van der Waals surface area contributed by atoms with Crippen molar-refractivity contribution in [2.24, 2.45) is 0 Å². The Morgan fingerprint density at radius 1 is 1.15 bits per heavy atom. The van der Waals surface area contributed by atoms with Gasteiger partial charge in [0.05, 0.1) is 13.0 Å². The number of carbonyl (C=O) groups is 3. The number of hydrogen-bond acceptors (Lipinski definition) is 3. The molecule has 1 aromatic rings. The first-order valence-corrected chi connectivity index (χ1v) is 5.94. The molecule has 0 atom stereocenters. The number of nitrogens with zero attached hydrogens (tertiary/aromatic N) is 1. The lowest BCUT2D eigenvalue weighted by Gasteiger charge is -2.11. The minimum Gasteiger partial charge on any atom is -0.481 e. The van der Waals surface area contributed by atoms with Crippen LogP contribution in [0, 0.1) is 0 Å². The van der Waals surface area contributed by atoms with Crippen LogP contribution < -0.4 is 10.6 Å². The van der Waals surface area contributed by atoms with Gasteiger partial charge in [-0.2, -0.15) is 0 Å². The third kappa shape index (κ3) is 5.38. The molecule has 0 spiro atoms. The molecule has 0 fully saturated rings. The fourth-order valence-corrected chi connectivity index (χ4v) is 1.37. The van der Waals surface area contributed by atoms with E-state index in [1.165, 1.54) is 4.90 Å². The number of carboxylic acid groups (broad SMARTS) is 1. The molecule has 1 aromatic carbocycles. The molecule has 0 saturated heterocycles. The summed E-state index contributed by atoms with van der Waals surface area (Å²) in [6, 6.07) is 5.95. The molecule has 0 aliphatic heterocycles. The molecule has 20 heavy (non-hydrogen) atoms. The number of rotatable bonds is 5. The lowest BCUT2D eigenvalue weighted by molar-refractivity contribution is -0.136. The Morgan fingerprint density at radius 3 is 2.25 bits per heavy atom. The van der Waals surface area contributed by atoms with Crippen LogP contribution in [0.4, 0.5) is 10.5 Å². The molecular weight excluding hydrogens is 262 g/mol. The van der Waals surface area contributed by atoms with Crippen LogP contribution in [-0.4, -0.2) is 48.6 Å². The van der Waals surface area contributed by atoms with Crippen molar-refractivity contribution in [3.8, 4) is 0 Å². The average molecular weight is 279 g/mol. The Hall–Kier alpha value is -2.57. The molecule has 0 saturated carbocycles. The summed E-state index contributed by atoms with van der Waals surface area (Å²) in [6.07, 6.45) is -0.0657. The van der Waals surface area contributed by atoms with Gasteiger partial charge in [-0.1, -0.05) is 12.1 Å². The molecule has 7 nitrogen and oxygen atoms in total. The molecule has 0 unspecified atom stereocenters. The van der Waals surface area contributed by atoms with Gasteiger partial charge in [0, 0.05) is 19.8 Å². The van der Waals surface area contributed by atoms with Gasteiger partial charge in [-0.25, -0.2) is 4.79 Å². The van der Waals surface area contributed by atoms with Crippen molar-refractivity contribution in [3.05, 3.63) is 29.8 Å². The highest BCUT2D eigenvalue weighted by molar-refractivity contribution is 5.92. The zero-order chi connectivity index (χ0) is 15.1. The van der Waals surface area contributed by atoms with E-state index in [4.69, 9.17) is 5.11 Å². The first-order chi connectivity index (χ1) is 9.38. The molecule has 0 radical (unpaired) electrons. The third-order valence-electron chi connectivity index (χ3n) is 2.47. The van der Waals surface area contributed by atoms with Crippen LogP contribution in [0.1, 0.15) is 5.56 Å². The number of anilines is 1. The number of urea groups is 1. The number of hydrogen-bond donors (Lipinski definition) is 3.